The first-order valence-electron chi connectivity index (χ1n) is 10.5. The molecule has 2 aliphatic rings. The van der Waals surface area contributed by atoms with E-state index in [0.29, 0.717) is 37.2 Å². The number of carbonyl (C=O) groups excluding carboxylic acids is 2. The van der Waals surface area contributed by atoms with Crippen molar-refractivity contribution < 1.29 is 14.3 Å². The molecule has 1 saturated heterocycles. The molecule has 3 rings (SSSR count). The van der Waals surface area contributed by atoms with E-state index in [9.17, 15) is 9.59 Å². The van der Waals surface area contributed by atoms with Crippen molar-refractivity contribution in [2.45, 2.75) is 70.9 Å². The first-order chi connectivity index (χ1) is 13.6. The van der Waals surface area contributed by atoms with Crippen LogP contribution in [0.1, 0.15) is 67.9 Å². The van der Waals surface area contributed by atoms with Gasteiger partial charge in [0.05, 0.1) is 6.61 Å². The number of aromatic nitrogens is 1. The Morgan fingerprint density at radius 1 is 1.07 bits per heavy atom. The first kappa shape index (κ1) is 20.4. The number of ether oxygens (including phenoxy) is 1. The Kier molecular flexibility index (Phi) is 7.12. The molecule has 154 valence electrons. The maximum absolute atomic E-state index is 12.9. The average molecular weight is 389 g/mol. The normalized spacial score (nSPS) is 18.6. The van der Waals surface area contributed by atoms with Crippen LogP contribution in [0.25, 0.3) is 0 Å². The molecule has 0 radical (unpaired) electrons. The molecule has 7 heteroatoms. The van der Waals surface area contributed by atoms with Gasteiger partial charge >= 0.3 is 6.03 Å². The summed E-state index contributed by atoms with van der Waals surface area (Å²) in [5, 5.41) is 6.18. The molecule has 28 heavy (non-hydrogen) atoms. The Morgan fingerprint density at radius 3 is 2.36 bits per heavy atom. The number of urea groups is 1. The highest BCUT2D eigenvalue weighted by Crippen LogP contribution is 2.21. The van der Waals surface area contributed by atoms with Crippen LogP contribution >= 0.6 is 0 Å². The van der Waals surface area contributed by atoms with Crippen molar-refractivity contribution in [3.05, 3.63) is 23.4 Å². The fourth-order valence-electron chi connectivity index (χ4n) is 4.00. The minimum Gasteiger partial charge on any atom is -0.477 e. The highest BCUT2D eigenvalue weighted by atomic mass is 16.5. The molecule has 2 heterocycles. The van der Waals surface area contributed by atoms with Crippen LogP contribution in [0, 0.1) is 6.92 Å². The minimum absolute atomic E-state index is 0.0546. The van der Waals surface area contributed by atoms with Gasteiger partial charge in [0.2, 0.25) is 5.88 Å². The van der Waals surface area contributed by atoms with Crippen molar-refractivity contribution in [2.24, 2.45) is 0 Å². The predicted octanol–water partition coefficient (Wildman–Crippen LogP) is 3.03. The maximum atomic E-state index is 12.9. The number of nitrogens with zero attached hydrogens (tertiary/aromatic N) is 2. The van der Waals surface area contributed by atoms with E-state index in [1.165, 1.54) is 19.3 Å². The molecule has 0 aromatic carbocycles. The summed E-state index contributed by atoms with van der Waals surface area (Å²) < 4.78 is 5.55. The van der Waals surface area contributed by atoms with E-state index in [4.69, 9.17) is 4.74 Å². The number of likely N-dealkylation sites (tertiary alicyclic amines) is 1. The van der Waals surface area contributed by atoms with Gasteiger partial charge in [0.25, 0.3) is 5.91 Å². The van der Waals surface area contributed by atoms with Crippen LogP contribution in [0.2, 0.25) is 0 Å². The smallest absolute Gasteiger partial charge is 0.315 e. The lowest BCUT2D eigenvalue weighted by atomic mass is 9.96. The van der Waals surface area contributed by atoms with Crippen molar-refractivity contribution in [3.63, 3.8) is 0 Å². The van der Waals surface area contributed by atoms with Gasteiger partial charge in [-0.25, -0.2) is 9.78 Å². The quantitative estimate of drug-likeness (QED) is 0.812. The zero-order valence-electron chi connectivity index (χ0n) is 17.0. The van der Waals surface area contributed by atoms with Gasteiger partial charge in [-0.15, -0.1) is 0 Å². The molecule has 0 atom stereocenters. The van der Waals surface area contributed by atoms with Crippen molar-refractivity contribution in [2.75, 3.05) is 19.7 Å². The third kappa shape index (κ3) is 5.36. The van der Waals surface area contributed by atoms with Crippen LogP contribution < -0.4 is 15.4 Å². The highest BCUT2D eigenvalue weighted by Gasteiger charge is 2.27. The molecule has 7 nitrogen and oxygen atoms in total. The van der Waals surface area contributed by atoms with Gasteiger partial charge in [-0.1, -0.05) is 19.3 Å². The molecular weight excluding hydrogens is 356 g/mol. The molecule has 1 aliphatic heterocycles. The van der Waals surface area contributed by atoms with Gasteiger partial charge in [0.1, 0.15) is 5.56 Å². The van der Waals surface area contributed by atoms with Crippen LogP contribution in [-0.4, -0.2) is 53.6 Å². The van der Waals surface area contributed by atoms with Crippen LogP contribution in [0.3, 0.4) is 0 Å². The molecule has 3 amide bonds. The third-order valence-corrected chi connectivity index (χ3v) is 5.57. The molecule has 0 unspecified atom stereocenters. The summed E-state index contributed by atoms with van der Waals surface area (Å²) in [6.07, 6.45) is 7.33. The van der Waals surface area contributed by atoms with Crippen molar-refractivity contribution >= 4 is 11.9 Å². The molecular formula is C21H32N4O3. The van der Waals surface area contributed by atoms with Crippen LogP contribution in [0.5, 0.6) is 5.88 Å². The summed E-state index contributed by atoms with van der Waals surface area (Å²) in [6.45, 7) is 5.47. The number of hydrogen-bond donors (Lipinski definition) is 2. The largest absolute Gasteiger partial charge is 0.477 e. The number of hydrogen-bond acceptors (Lipinski definition) is 4. The standard InChI is InChI=1S/C21H32N4O3/c1-3-28-19-18(10-9-15(2)22-19)20(26)25-13-11-17(12-14-25)24-21(27)23-16-7-5-4-6-8-16/h9-10,16-17H,3-8,11-14H2,1-2H3,(H2,23,24,27). The Bertz CT molecular complexity index is 680. The van der Waals surface area contributed by atoms with E-state index in [1.54, 1.807) is 6.07 Å². The third-order valence-electron chi connectivity index (χ3n) is 5.57. The van der Waals surface area contributed by atoms with Gasteiger partial charge in [0.15, 0.2) is 0 Å². The zero-order valence-corrected chi connectivity index (χ0v) is 17.0. The summed E-state index contributed by atoms with van der Waals surface area (Å²) in [4.78, 5) is 31.3. The van der Waals surface area contributed by atoms with Gasteiger partial charge in [-0.3, -0.25) is 4.79 Å². The number of piperidine rings is 1. The molecule has 2 fully saturated rings. The second-order valence-corrected chi connectivity index (χ2v) is 7.76. The fraction of sp³-hybridized carbons (Fsp3) is 0.667. The van der Waals surface area contributed by atoms with Gasteiger partial charge in [-0.2, -0.15) is 0 Å². The summed E-state index contributed by atoms with van der Waals surface area (Å²) >= 11 is 0. The lowest BCUT2D eigenvalue weighted by molar-refractivity contribution is 0.0703. The van der Waals surface area contributed by atoms with Crippen molar-refractivity contribution in [1.29, 1.82) is 0 Å². The lowest BCUT2D eigenvalue weighted by Gasteiger charge is -2.33. The van der Waals surface area contributed by atoms with Gasteiger partial charge < -0.3 is 20.3 Å². The number of pyridine rings is 1. The molecule has 1 aromatic rings. The molecule has 2 N–H and O–H groups in total. The molecule has 0 bridgehead atoms. The summed E-state index contributed by atoms with van der Waals surface area (Å²) in [5.74, 6) is 0.348. The fourth-order valence-corrected chi connectivity index (χ4v) is 4.00. The average Bonchev–Trinajstić information content (AvgIpc) is 2.69. The summed E-state index contributed by atoms with van der Waals surface area (Å²) in [5.41, 5.74) is 1.33. The monoisotopic (exact) mass is 388 g/mol. The zero-order chi connectivity index (χ0) is 19.9. The topological polar surface area (TPSA) is 83.6 Å². The lowest BCUT2D eigenvalue weighted by Crippen LogP contribution is -2.51. The Labute approximate surface area is 167 Å². The molecule has 1 aliphatic carbocycles. The second-order valence-electron chi connectivity index (χ2n) is 7.76. The number of nitrogens with one attached hydrogen (secondary N) is 2. The second kappa shape index (κ2) is 9.75. The van der Waals surface area contributed by atoms with Crippen LogP contribution in [0.4, 0.5) is 4.79 Å². The number of aryl methyl sites for hydroxylation is 1. The highest BCUT2D eigenvalue weighted by molar-refractivity contribution is 5.96. The van der Waals surface area contributed by atoms with Gasteiger partial charge in [0, 0.05) is 30.9 Å². The number of rotatable bonds is 5. The Balaban J connectivity index is 1.49. The number of carbonyl (C=O) groups is 2. The molecule has 1 aromatic heterocycles. The van der Waals surface area contributed by atoms with Gasteiger partial charge in [-0.05, 0) is 51.7 Å². The Hall–Kier alpha value is -2.31. The number of amides is 3. The SMILES string of the molecule is CCOc1nc(C)ccc1C(=O)N1CCC(NC(=O)NC2CCCCC2)CC1. The first-order valence-corrected chi connectivity index (χ1v) is 10.5. The van der Waals surface area contributed by atoms with Crippen molar-refractivity contribution in [3.8, 4) is 5.88 Å². The Morgan fingerprint density at radius 2 is 1.71 bits per heavy atom. The minimum atomic E-state index is -0.0713. The van der Waals surface area contributed by atoms with Crippen LogP contribution in [0.15, 0.2) is 12.1 Å². The summed E-state index contributed by atoms with van der Waals surface area (Å²) in [7, 11) is 0. The van der Waals surface area contributed by atoms with Crippen molar-refractivity contribution in [1.82, 2.24) is 20.5 Å². The van der Waals surface area contributed by atoms with E-state index in [1.807, 2.05) is 24.8 Å². The van der Waals surface area contributed by atoms with E-state index in [-0.39, 0.29) is 18.0 Å². The molecule has 1 saturated carbocycles. The van der Waals surface area contributed by atoms with E-state index >= 15 is 0 Å². The van der Waals surface area contributed by atoms with E-state index in [2.05, 4.69) is 15.6 Å². The van der Waals surface area contributed by atoms with E-state index < -0.39 is 0 Å². The predicted molar refractivity (Wildman–Crippen MR) is 108 cm³/mol. The molecule has 0 spiro atoms. The van der Waals surface area contributed by atoms with Crippen LogP contribution in [-0.2, 0) is 0 Å². The maximum Gasteiger partial charge on any atom is 0.315 e. The summed E-state index contributed by atoms with van der Waals surface area (Å²) in [6, 6.07) is 3.96. The van der Waals surface area contributed by atoms with E-state index in [0.717, 1.165) is 31.4 Å².